The Morgan fingerprint density at radius 3 is 2.14 bits per heavy atom. The first kappa shape index (κ1) is 15.4. The Hall–Kier alpha value is -0.540. The highest BCUT2D eigenvalue weighted by Crippen LogP contribution is 2.61. The second kappa shape index (κ2) is 4.73. The molecule has 0 radical (unpaired) electrons. The Morgan fingerprint density at radius 2 is 1.57 bits per heavy atom. The maximum Gasteiger partial charge on any atom is 0.227 e. The minimum Gasteiger partial charge on any atom is -0.288 e. The van der Waals surface area contributed by atoms with E-state index in [9.17, 15) is 9.59 Å². The van der Waals surface area contributed by atoms with Gasteiger partial charge in [0.05, 0.1) is 10.1 Å². The van der Waals surface area contributed by atoms with Crippen LogP contribution in [0.5, 0.6) is 0 Å². The summed E-state index contributed by atoms with van der Waals surface area (Å²) in [5.41, 5.74) is 1.88. The molecule has 0 amide bonds. The highest BCUT2D eigenvalue weighted by atomic mass is 35.5. The number of rotatable bonds is 1. The predicted molar refractivity (Wildman–Crippen MR) is 84.5 cm³/mol. The normalized spacial score (nSPS) is 35.6. The lowest BCUT2D eigenvalue weighted by Gasteiger charge is -2.48. The van der Waals surface area contributed by atoms with Gasteiger partial charge in [-0.1, -0.05) is 53.0 Å². The molecule has 0 unspecified atom stereocenters. The van der Waals surface area contributed by atoms with Crippen LogP contribution >= 0.6 is 46.4 Å². The van der Waals surface area contributed by atoms with E-state index in [4.69, 9.17) is 46.4 Å². The lowest BCUT2D eigenvalue weighted by molar-refractivity contribution is -0.141. The standard InChI is InChI=1S/C15H10Cl4O2/c1-7-2-4-8(5-3-7)9-6-14(18)10(16)11(17)15(9,19)13(21)12(14)20/h2-5,9H,6H2,1H3/t9-,14-,15+/m0/s1. The lowest BCUT2D eigenvalue weighted by atomic mass is 9.64. The van der Waals surface area contributed by atoms with Gasteiger partial charge in [-0.3, -0.25) is 9.59 Å². The van der Waals surface area contributed by atoms with Gasteiger partial charge >= 0.3 is 0 Å². The summed E-state index contributed by atoms with van der Waals surface area (Å²) in [5, 5.41) is -0.0731. The molecule has 2 bridgehead atoms. The van der Waals surface area contributed by atoms with Crippen LogP contribution in [0.3, 0.4) is 0 Å². The average molecular weight is 364 g/mol. The third-order valence-corrected chi connectivity index (χ3v) is 6.63. The van der Waals surface area contributed by atoms with E-state index < -0.39 is 27.2 Å². The van der Waals surface area contributed by atoms with Crippen LogP contribution in [-0.2, 0) is 9.59 Å². The minimum atomic E-state index is -1.65. The number of hydrogen-bond acceptors (Lipinski definition) is 2. The zero-order chi connectivity index (χ0) is 15.6. The SMILES string of the molecule is Cc1ccc([C@@H]2C[C@@]3(Cl)C(=O)C(=O)[C@]2(Cl)C(Cl)=C3Cl)cc1. The zero-order valence-corrected chi connectivity index (χ0v) is 13.9. The molecule has 110 valence electrons. The van der Waals surface area contributed by atoms with Crippen molar-refractivity contribution in [1.82, 2.24) is 0 Å². The van der Waals surface area contributed by atoms with Crippen molar-refractivity contribution < 1.29 is 9.59 Å². The molecule has 3 aliphatic carbocycles. The van der Waals surface area contributed by atoms with Gasteiger partial charge in [-0.25, -0.2) is 0 Å². The van der Waals surface area contributed by atoms with Crippen LogP contribution in [0.2, 0.25) is 0 Å². The zero-order valence-electron chi connectivity index (χ0n) is 10.9. The molecule has 4 rings (SSSR count). The second-order valence-corrected chi connectivity index (χ2v) is 7.46. The van der Waals surface area contributed by atoms with E-state index in [-0.39, 0.29) is 16.5 Å². The van der Waals surface area contributed by atoms with E-state index in [0.717, 1.165) is 11.1 Å². The molecule has 1 aromatic rings. The summed E-state index contributed by atoms with van der Waals surface area (Å²) in [6.07, 6.45) is 0.154. The summed E-state index contributed by atoms with van der Waals surface area (Å²) >= 11 is 25.1. The predicted octanol–water partition coefficient (Wildman–Crippen LogP) is 4.28. The van der Waals surface area contributed by atoms with Crippen molar-refractivity contribution in [1.29, 1.82) is 0 Å². The smallest absolute Gasteiger partial charge is 0.227 e. The summed E-state index contributed by atoms with van der Waals surface area (Å²) in [6.45, 7) is 1.95. The minimum absolute atomic E-state index is 0.0335. The summed E-state index contributed by atoms with van der Waals surface area (Å²) in [6, 6.07) is 7.54. The van der Waals surface area contributed by atoms with E-state index in [2.05, 4.69) is 0 Å². The van der Waals surface area contributed by atoms with Gasteiger partial charge in [0.2, 0.25) is 11.6 Å². The van der Waals surface area contributed by atoms with Crippen LogP contribution in [0.25, 0.3) is 0 Å². The average Bonchev–Trinajstić information content (AvgIpc) is 2.47. The summed E-state index contributed by atoms with van der Waals surface area (Å²) in [5.74, 6) is -2.06. The molecule has 21 heavy (non-hydrogen) atoms. The van der Waals surface area contributed by atoms with Crippen LogP contribution in [-0.4, -0.2) is 21.3 Å². The molecule has 6 heteroatoms. The van der Waals surface area contributed by atoms with Gasteiger partial charge in [0.25, 0.3) is 0 Å². The summed E-state index contributed by atoms with van der Waals surface area (Å²) < 4.78 is 0. The van der Waals surface area contributed by atoms with Crippen molar-refractivity contribution in [3.05, 3.63) is 45.5 Å². The lowest BCUT2D eigenvalue weighted by Crippen LogP contribution is -2.62. The maximum absolute atomic E-state index is 12.4. The summed E-state index contributed by atoms with van der Waals surface area (Å²) in [7, 11) is 0. The number of carbonyl (C=O) groups excluding carboxylic acids is 2. The third kappa shape index (κ3) is 1.86. The maximum atomic E-state index is 12.4. The van der Waals surface area contributed by atoms with E-state index in [1.54, 1.807) is 0 Å². The number of fused-ring (bicyclic) bond motifs is 2. The molecule has 0 saturated heterocycles. The fourth-order valence-electron chi connectivity index (χ4n) is 2.94. The number of aryl methyl sites for hydroxylation is 1. The monoisotopic (exact) mass is 362 g/mol. The number of benzene rings is 1. The number of carbonyl (C=O) groups is 2. The van der Waals surface area contributed by atoms with E-state index in [1.165, 1.54) is 0 Å². The second-order valence-electron chi connectivity index (χ2n) is 5.47. The van der Waals surface area contributed by atoms with Crippen LogP contribution in [0, 0.1) is 6.92 Å². The van der Waals surface area contributed by atoms with Gasteiger partial charge in [0.15, 0.2) is 4.87 Å². The fourth-order valence-corrected chi connectivity index (χ4v) is 4.45. The molecule has 1 fully saturated rings. The molecule has 0 spiro atoms. The molecule has 0 heterocycles. The molecule has 2 nitrogen and oxygen atoms in total. The van der Waals surface area contributed by atoms with Gasteiger partial charge in [-0.15, -0.1) is 23.2 Å². The van der Waals surface area contributed by atoms with E-state index in [1.807, 2.05) is 31.2 Å². The van der Waals surface area contributed by atoms with E-state index >= 15 is 0 Å². The third-order valence-electron chi connectivity index (χ3n) is 4.20. The van der Waals surface area contributed by atoms with Crippen LogP contribution in [0.15, 0.2) is 34.3 Å². The van der Waals surface area contributed by atoms with Crippen molar-refractivity contribution >= 4 is 58.0 Å². The number of alkyl halides is 2. The first-order chi connectivity index (χ1) is 9.72. The van der Waals surface area contributed by atoms with Gasteiger partial charge in [-0.2, -0.15) is 0 Å². The quantitative estimate of drug-likeness (QED) is 0.551. The van der Waals surface area contributed by atoms with E-state index in [0.29, 0.717) is 0 Å². The number of allylic oxidation sites excluding steroid dienone is 2. The van der Waals surface area contributed by atoms with Crippen molar-refractivity contribution in [3.8, 4) is 0 Å². The Kier molecular flexibility index (Phi) is 3.46. The molecule has 0 aromatic heterocycles. The molecule has 1 saturated carbocycles. The number of hydrogen-bond donors (Lipinski definition) is 0. The van der Waals surface area contributed by atoms with Crippen molar-refractivity contribution in [2.24, 2.45) is 0 Å². The first-order valence-corrected chi connectivity index (χ1v) is 7.84. The molecular formula is C15H10Cl4O2. The highest BCUT2D eigenvalue weighted by molar-refractivity contribution is 6.70. The molecular weight excluding hydrogens is 354 g/mol. The Bertz CT molecular complexity index is 694. The molecule has 3 atom stereocenters. The summed E-state index contributed by atoms with van der Waals surface area (Å²) in [4.78, 5) is 21.3. The van der Waals surface area contributed by atoms with Gasteiger partial charge < -0.3 is 0 Å². The Morgan fingerprint density at radius 1 is 1.00 bits per heavy atom. The molecule has 0 aliphatic heterocycles. The molecule has 3 aliphatic rings. The van der Waals surface area contributed by atoms with Crippen molar-refractivity contribution in [2.45, 2.75) is 29.0 Å². The Labute approximate surface area is 142 Å². The van der Waals surface area contributed by atoms with Gasteiger partial charge in [0, 0.05) is 5.92 Å². The topological polar surface area (TPSA) is 34.1 Å². The highest BCUT2D eigenvalue weighted by Gasteiger charge is 2.67. The fraction of sp³-hybridized carbons (Fsp3) is 0.333. The van der Waals surface area contributed by atoms with Crippen LogP contribution < -0.4 is 0 Å². The molecule has 0 N–H and O–H groups in total. The van der Waals surface area contributed by atoms with Crippen LogP contribution in [0.1, 0.15) is 23.5 Å². The van der Waals surface area contributed by atoms with Gasteiger partial charge in [0.1, 0.15) is 4.87 Å². The molecule has 1 aromatic carbocycles. The first-order valence-electron chi connectivity index (χ1n) is 6.32. The van der Waals surface area contributed by atoms with Gasteiger partial charge in [-0.05, 0) is 18.9 Å². The Balaban J connectivity index is 2.22. The van der Waals surface area contributed by atoms with Crippen LogP contribution in [0.4, 0.5) is 0 Å². The van der Waals surface area contributed by atoms with Crippen molar-refractivity contribution in [3.63, 3.8) is 0 Å². The number of ketones is 2. The number of halogens is 4. The van der Waals surface area contributed by atoms with Crippen molar-refractivity contribution in [2.75, 3.05) is 0 Å². The number of Topliss-reactive ketones (excluding diaryl/α,β-unsaturated/α-hetero) is 2. The largest absolute Gasteiger partial charge is 0.288 e.